The van der Waals surface area contributed by atoms with Gasteiger partial charge in [0.1, 0.15) is 5.25 Å². The Morgan fingerprint density at radius 1 is 1.39 bits per heavy atom. The van der Waals surface area contributed by atoms with E-state index in [2.05, 4.69) is 0 Å². The first-order valence-electron chi connectivity index (χ1n) is 6.22. The van der Waals surface area contributed by atoms with Gasteiger partial charge < -0.3 is 9.64 Å². The molecular weight excluding hydrogens is 278 g/mol. The molecule has 0 spiro atoms. The maximum absolute atomic E-state index is 12.3. The number of alkyl halides is 1. The van der Waals surface area contributed by atoms with Gasteiger partial charge in [0.25, 0.3) is 0 Å². The second-order valence-corrected chi connectivity index (χ2v) is 7.39. The molecule has 5 nitrogen and oxygen atoms in total. The molecule has 0 aromatic carbocycles. The van der Waals surface area contributed by atoms with Crippen molar-refractivity contribution in [2.45, 2.75) is 30.6 Å². The fraction of sp³-hybridized carbons (Fsp3) is 0.909. The van der Waals surface area contributed by atoms with Gasteiger partial charge in [0.2, 0.25) is 5.91 Å². The Morgan fingerprint density at radius 3 is 2.83 bits per heavy atom. The summed E-state index contributed by atoms with van der Waals surface area (Å²) in [5, 5.41) is -0.847. The van der Waals surface area contributed by atoms with E-state index in [1.165, 1.54) is 0 Å². The number of amides is 1. The number of ether oxygens (including phenoxy) is 1. The molecule has 0 aromatic rings. The van der Waals surface area contributed by atoms with Crippen LogP contribution in [0.5, 0.6) is 0 Å². The van der Waals surface area contributed by atoms with E-state index in [9.17, 15) is 13.2 Å². The summed E-state index contributed by atoms with van der Waals surface area (Å²) in [6.45, 7) is 1.28. The van der Waals surface area contributed by atoms with E-state index in [1.54, 1.807) is 4.90 Å². The van der Waals surface area contributed by atoms with Crippen LogP contribution in [0.15, 0.2) is 0 Å². The first kappa shape index (κ1) is 14.1. The van der Waals surface area contributed by atoms with Crippen LogP contribution in [0.25, 0.3) is 0 Å². The van der Waals surface area contributed by atoms with Crippen molar-refractivity contribution in [3.63, 3.8) is 0 Å². The van der Waals surface area contributed by atoms with Crippen molar-refractivity contribution in [1.29, 1.82) is 0 Å². The number of hydrogen-bond donors (Lipinski definition) is 0. The molecule has 0 radical (unpaired) electrons. The molecule has 0 aromatic heterocycles. The van der Waals surface area contributed by atoms with E-state index in [0.29, 0.717) is 38.4 Å². The third-order valence-corrected chi connectivity index (χ3v) is 5.98. The van der Waals surface area contributed by atoms with Crippen LogP contribution < -0.4 is 0 Å². The summed E-state index contributed by atoms with van der Waals surface area (Å²) < 4.78 is 29.2. The molecule has 2 heterocycles. The molecule has 0 N–H and O–H groups in total. The van der Waals surface area contributed by atoms with E-state index >= 15 is 0 Å². The zero-order chi connectivity index (χ0) is 13.2. The van der Waals surface area contributed by atoms with Crippen LogP contribution in [0.4, 0.5) is 0 Å². The summed E-state index contributed by atoms with van der Waals surface area (Å²) in [6.07, 6.45) is 1.73. The third kappa shape index (κ3) is 2.97. The predicted octanol–water partition coefficient (Wildman–Crippen LogP) is 0.420. The van der Waals surface area contributed by atoms with Gasteiger partial charge in [0.05, 0.1) is 24.3 Å². The SMILES string of the molecule is O=C(C1CCCCS1(=O)=O)N1CCOC(CCl)C1. The highest BCUT2D eigenvalue weighted by atomic mass is 35.5. The molecule has 0 bridgehead atoms. The highest BCUT2D eigenvalue weighted by molar-refractivity contribution is 7.92. The van der Waals surface area contributed by atoms with Crippen molar-refractivity contribution in [3.05, 3.63) is 0 Å². The predicted molar refractivity (Wildman–Crippen MR) is 68.5 cm³/mol. The van der Waals surface area contributed by atoms with Crippen LogP contribution >= 0.6 is 11.6 Å². The van der Waals surface area contributed by atoms with Crippen molar-refractivity contribution in [2.75, 3.05) is 31.3 Å². The highest BCUT2D eigenvalue weighted by Crippen LogP contribution is 2.22. The minimum Gasteiger partial charge on any atom is -0.373 e. The molecule has 2 rings (SSSR count). The molecule has 7 heteroatoms. The minimum absolute atomic E-state index is 0.132. The maximum atomic E-state index is 12.3. The number of sulfone groups is 1. The van der Waals surface area contributed by atoms with Crippen LogP contribution in [0.2, 0.25) is 0 Å². The van der Waals surface area contributed by atoms with Crippen molar-refractivity contribution >= 4 is 27.3 Å². The van der Waals surface area contributed by atoms with Crippen LogP contribution in [-0.4, -0.2) is 61.9 Å². The van der Waals surface area contributed by atoms with Gasteiger partial charge >= 0.3 is 0 Å². The molecule has 2 atom stereocenters. The normalized spacial score (nSPS) is 32.2. The zero-order valence-electron chi connectivity index (χ0n) is 10.2. The van der Waals surface area contributed by atoms with Crippen molar-refractivity contribution in [1.82, 2.24) is 4.90 Å². The van der Waals surface area contributed by atoms with Crippen molar-refractivity contribution in [2.24, 2.45) is 0 Å². The molecule has 2 saturated heterocycles. The van der Waals surface area contributed by atoms with Gasteiger partial charge in [-0.1, -0.05) is 6.42 Å². The van der Waals surface area contributed by atoms with Crippen molar-refractivity contribution < 1.29 is 17.9 Å². The lowest BCUT2D eigenvalue weighted by molar-refractivity contribution is -0.137. The van der Waals surface area contributed by atoms with Gasteiger partial charge in [-0.3, -0.25) is 4.79 Å². The number of carbonyl (C=O) groups is 1. The average Bonchev–Trinajstić information content (AvgIpc) is 2.37. The molecule has 2 fully saturated rings. The van der Waals surface area contributed by atoms with E-state index in [4.69, 9.17) is 16.3 Å². The number of halogens is 1. The molecule has 0 aliphatic carbocycles. The van der Waals surface area contributed by atoms with Gasteiger partial charge in [-0.2, -0.15) is 0 Å². The standard InChI is InChI=1S/C11H18ClNO4S/c12-7-9-8-13(4-5-17-9)11(14)10-3-1-2-6-18(10,15)16/h9-10H,1-8H2. The number of morpholine rings is 1. The molecule has 18 heavy (non-hydrogen) atoms. The topological polar surface area (TPSA) is 63.7 Å². The summed E-state index contributed by atoms with van der Waals surface area (Å²) in [5.74, 6) is 0.182. The molecular formula is C11H18ClNO4S. The molecule has 2 unspecified atom stereocenters. The summed E-state index contributed by atoms with van der Waals surface area (Å²) in [4.78, 5) is 13.9. The lowest BCUT2D eigenvalue weighted by atomic mass is 10.1. The second kappa shape index (κ2) is 5.75. The second-order valence-electron chi connectivity index (χ2n) is 4.78. The van der Waals surface area contributed by atoms with Crippen LogP contribution in [-0.2, 0) is 19.4 Å². The first-order valence-corrected chi connectivity index (χ1v) is 8.47. The molecule has 104 valence electrons. The van der Waals surface area contributed by atoms with Crippen LogP contribution in [0.3, 0.4) is 0 Å². The number of carbonyl (C=O) groups excluding carboxylic acids is 1. The zero-order valence-corrected chi connectivity index (χ0v) is 11.8. The fourth-order valence-corrected chi connectivity index (χ4v) is 4.51. The Hall–Kier alpha value is -0.330. The van der Waals surface area contributed by atoms with Crippen LogP contribution in [0.1, 0.15) is 19.3 Å². The lowest BCUT2D eigenvalue weighted by Crippen LogP contribution is -2.52. The summed E-state index contributed by atoms with van der Waals surface area (Å²) in [5.41, 5.74) is 0. The minimum atomic E-state index is -3.26. The Balaban J connectivity index is 2.06. The van der Waals surface area contributed by atoms with Crippen LogP contribution in [0, 0.1) is 0 Å². The molecule has 1 amide bonds. The maximum Gasteiger partial charge on any atom is 0.241 e. The lowest BCUT2D eigenvalue weighted by Gasteiger charge is -2.35. The third-order valence-electron chi connectivity index (χ3n) is 3.48. The smallest absolute Gasteiger partial charge is 0.241 e. The van der Waals surface area contributed by atoms with Gasteiger partial charge in [-0.25, -0.2) is 8.42 Å². The Labute approximate surface area is 112 Å². The van der Waals surface area contributed by atoms with Crippen molar-refractivity contribution in [3.8, 4) is 0 Å². The monoisotopic (exact) mass is 295 g/mol. The number of rotatable bonds is 2. The summed E-state index contributed by atoms with van der Waals surface area (Å²) in [7, 11) is -3.26. The summed E-state index contributed by atoms with van der Waals surface area (Å²) in [6, 6.07) is 0. The quantitative estimate of drug-likeness (QED) is 0.693. The largest absolute Gasteiger partial charge is 0.373 e. The number of hydrogen-bond acceptors (Lipinski definition) is 4. The fourth-order valence-electron chi connectivity index (χ4n) is 2.45. The van der Waals surface area contributed by atoms with E-state index in [0.717, 1.165) is 6.42 Å². The summed E-state index contributed by atoms with van der Waals surface area (Å²) >= 11 is 5.71. The van der Waals surface area contributed by atoms with Gasteiger partial charge in [-0.15, -0.1) is 11.6 Å². The van der Waals surface area contributed by atoms with E-state index in [-0.39, 0.29) is 17.8 Å². The Bertz CT molecular complexity index is 411. The van der Waals surface area contributed by atoms with Gasteiger partial charge in [0, 0.05) is 13.1 Å². The first-order chi connectivity index (χ1) is 8.54. The molecule has 0 saturated carbocycles. The van der Waals surface area contributed by atoms with E-state index < -0.39 is 15.1 Å². The van der Waals surface area contributed by atoms with Gasteiger partial charge in [0.15, 0.2) is 9.84 Å². The van der Waals surface area contributed by atoms with Gasteiger partial charge in [-0.05, 0) is 12.8 Å². The Morgan fingerprint density at radius 2 is 2.17 bits per heavy atom. The average molecular weight is 296 g/mol. The molecule has 2 aliphatic rings. The number of nitrogens with zero attached hydrogens (tertiary/aromatic N) is 1. The van der Waals surface area contributed by atoms with E-state index in [1.807, 2.05) is 0 Å². The highest BCUT2D eigenvalue weighted by Gasteiger charge is 2.38. The molecule has 2 aliphatic heterocycles. The Kier molecular flexibility index (Phi) is 4.50.